The van der Waals surface area contributed by atoms with Gasteiger partial charge in [0.2, 0.25) is 0 Å². The van der Waals surface area contributed by atoms with Crippen LogP contribution in [0.25, 0.3) is 0 Å². The number of halogens is 1. The number of rotatable bonds is 2. The standard InChI is InChI=1S/C12H16FN/c1-9-6-10(2-3-12(9)13)7-11-4-5-14-8-11/h2-3,6,11,14H,4-5,7-8H2,1H3. The van der Waals surface area contributed by atoms with Gasteiger partial charge in [-0.25, -0.2) is 4.39 Å². The summed E-state index contributed by atoms with van der Waals surface area (Å²) in [7, 11) is 0. The normalized spacial score (nSPS) is 21.4. The molecule has 1 nitrogen and oxygen atoms in total. The van der Waals surface area contributed by atoms with Crippen LogP contribution in [0, 0.1) is 18.7 Å². The van der Waals surface area contributed by atoms with Crippen molar-refractivity contribution >= 4 is 0 Å². The third kappa shape index (κ3) is 2.13. The van der Waals surface area contributed by atoms with Gasteiger partial charge < -0.3 is 5.32 Å². The highest BCUT2D eigenvalue weighted by Crippen LogP contribution is 2.17. The Bertz CT molecular complexity index is 316. The third-order valence-electron chi connectivity index (χ3n) is 2.91. The fourth-order valence-corrected chi connectivity index (χ4v) is 2.06. The zero-order valence-electron chi connectivity index (χ0n) is 8.52. The number of hydrogen-bond donors (Lipinski definition) is 1. The van der Waals surface area contributed by atoms with Crippen molar-refractivity contribution in [2.45, 2.75) is 19.8 Å². The maximum Gasteiger partial charge on any atom is 0.126 e. The lowest BCUT2D eigenvalue weighted by molar-refractivity contribution is 0.576. The van der Waals surface area contributed by atoms with Crippen molar-refractivity contribution < 1.29 is 4.39 Å². The van der Waals surface area contributed by atoms with Gasteiger partial charge in [0.15, 0.2) is 0 Å². The first-order chi connectivity index (χ1) is 6.75. The first kappa shape index (κ1) is 9.66. The lowest BCUT2D eigenvalue weighted by Gasteiger charge is -2.08. The van der Waals surface area contributed by atoms with E-state index in [4.69, 9.17) is 0 Å². The van der Waals surface area contributed by atoms with Gasteiger partial charge in [-0.1, -0.05) is 12.1 Å². The summed E-state index contributed by atoms with van der Waals surface area (Å²) in [5, 5.41) is 3.34. The molecular weight excluding hydrogens is 177 g/mol. The summed E-state index contributed by atoms with van der Waals surface area (Å²) in [6, 6.07) is 5.45. The average Bonchev–Trinajstić information content (AvgIpc) is 2.64. The molecule has 0 radical (unpaired) electrons. The van der Waals surface area contributed by atoms with Crippen LogP contribution in [-0.2, 0) is 6.42 Å². The Kier molecular flexibility index (Phi) is 2.82. The first-order valence-electron chi connectivity index (χ1n) is 5.21. The number of nitrogens with one attached hydrogen (secondary N) is 1. The van der Waals surface area contributed by atoms with Crippen molar-refractivity contribution in [2.75, 3.05) is 13.1 Å². The van der Waals surface area contributed by atoms with Crippen LogP contribution in [0.1, 0.15) is 17.5 Å². The van der Waals surface area contributed by atoms with Crippen molar-refractivity contribution in [3.8, 4) is 0 Å². The van der Waals surface area contributed by atoms with Crippen LogP contribution in [0.5, 0.6) is 0 Å². The summed E-state index contributed by atoms with van der Waals surface area (Å²) in [5.74, 6) is 0.637. The minimum atomic E-state index is -0.0988. The summed E-state index contributed by atoms with van der Waals surface area (Å²) in [6.45, 7) is 4.06. The van der Waals surface area contributed by atoms with E-state index in [1.807, 2.05) is 19.1 Å². The summed E-state index contributed by atoms with van der Waals surface area (Å²) >= 11 is 0. The molecule has 0 bridgehead atoms. The molecule has 0 spiro atoms. The van der Waals surface area contributed by atoms with Crippen LogP contribution >= 0.6 is 0 Å². The zero-order chi connectivity index (χ0) is 9.97. The average molecular weight is 193 g/mol. The second-order valence-corrected chi connectivity index (χ2v) is 4.15. The van der Waals surface area contributed by atoms with Crippen LogP contribution in [0.4, 0.5) is 4.39 Å². The molecule has 1 fully saturated rings. The van der Waals surface area contributed by atoms with Crippen LogP contribution in [-0.4, -0.2) is 13.1 Å². The molecule has 1 aliphatic heterocycles. The van der Waals surface area contributed by atoms with E-state index < -0.39 is 0 Å². The Morgan fingerprint density at radius 3 is 3.00 bits per heavy atom. The molecule has 2 heteroatoms. The third-order valence-corrected chi connectivity index (χ3v) is 2.91. The zero-order valence-corrected chi connectivity index (χ0v) is 8.52. The van der Waals surface area contributed by atoms with Gasteiger partial charge in [0.1, 0.15) is 5.82 Å². The van der Waals surface area contributed by atoms with Gasteiger partial charge in [0, 0.05) is 0 Å². The van der Waals surface area contributed by atoms with Gasteiger partial charge >= 0.3 is 0 Å². The lowest BCUT2D eigenvalue weighted by atomic mass is 9.97. The Hall–Kier alpha value is -0.890. The molecule has 1 atom stereocenters. The van der Waals surface area contributed by atoms with Crippen molar-refractivity contribution in [1.82, 2.24) is 5.32 Å². The molecule has 76 valence electrons. The Labute approximate surface area is 84.3 Å². The molecule has 1 aromatic carbocycles. The Morgan fingerprint density at radius 1 is 1.50 bits per heavy atom. The minimum Gasteiger partial charge on any atom is -0.316 e. The van der Waals surface area contributed by atoms with E-state index in [0.29, 0.717) is 0 Å². The van der Waals surface area contributed by atoms with E-state index in [2.05, 4.69) is 5.32 Å². The fraction of sp³-hybridized carbons (Fsp3) is 0.500. The van der Waals surface area contributed by atoms with Crippen LogP contribution in [0.3, 0.4) is 0 Å². The van der Waals surface area contributed by atoms with Crippen LogP contribution in [0.2, 0.25) is 0 Å². The second kappa shape index (κ2) is 4.09. The van der Waals surface area contributed by atoms with Crippen molar-refractivity contribution in [1.29, 1.82) is 0 Å². The Morgan fingerprint density at radius 2 is 2.36 bits per heavy atom. The monoisotopic (exact) mass is 193 g/mol. The van der Waals surface area contributed by atoms with Crippen molar-refractivity contribution in [3.63, 3.8) is 0 Å². The molecule has 1 aromatic rings. The van der Waals surface area contributed by atoms with Gasteiger partial charge in [-0.15, -0.1) is 0 Å². The van der Waals surface area contributed by atoms with Gasteiger partial charge in [-0.3, -0.25) is 0 Å². The predicted molar refractivity (Wildman–Crippen MR) is 55.8 cm³/mol. The smallest absolute Gasteiger partial charge is 0.126 e. The highest BCUT2D eigenvalue weighted by Gasteiger charge is 2.14. The van der Waals surface area contributed by atoms with E-state index in [0.717, 1.165) is 31.0 Å². The molecule has 1 saturated heterocycles. The summed E-state index contributed by atoms with van der Waals surface area (Å²) in [5.41, 5.74) is 2.02. The van der Waals surface area contributed by atoms with Gasteiger partial charge in [-0.05, 0) is 56.0 Å². The van der Waals surface area contributed by atoms with E-state index in [1.165, 1.54) is 12.0 Å². The predicted octanol–water partition coefficient (Wildman–Crippen LogP) is 2.29. The van der Waals surface area contributed by atoms with Gasteiger partial charge in [-0.2, -0.15) is 0 Å². The molecule has 0 saturated carbocycles. The topological polar surface area (TPSA) is 12.0 Å². The highest BCUT2D eigenvalue weighted by atomic mass is 19.1. The molecule has 2 rings (SSSR count). The first-order valence-corrected chi connectivity index (χ1v) is 5.21. The summed E-state index contributed by atoms with van der Waals surface area (Å²) in [4.78, 5) is 0. The lowest BCUT2D eigenvalue weighted by Crippen LogP contribution is -2.10. The summed E-state index contributed by atoms with van der Waals surface area (Å²) < 4.78 is 13.0. The van der Waals surface area contributed by atoms with E-state index >= 15 is 0 Å². The SMILES string of the molecule is Cc1cc(CC2CCNC2)ccc1F. The van der Waals surface area contributed by atoms with E-state index in [9.17, 15) is 4.39 Å². The van der Waals surface area contributed by atoms with Crippen LogP contribution < -0.4 is 5.32 Å². The van der Waals surface area contributed by atoms with Crippen molar-refractivity contribution in [3.05, 3.63) is 35.1 Å². The number of hydrogen-bond acceptors (Lipinski definition) is 1. The molecule has 14 heavy (non-hydrogen) atoms. The molecule has 0 aromatic heterocycles. The molecule has 0 aliphatic carbocycles. The molecule has 1 N–H and O–H groups in total. The molecule has 1 heterocycles. The molecular formula is C12H16FN. The molecule has 1 aliphatic rings. The maximum atomic E-state index is 13.0. The van der Waals surface area contributed by atoms with Gasteiger partial charge in [0.05, 0.1) is 0 Å². The van der Waals surface area contributed by atoms with E-state index in [-0.39, 0.29) is 5.82 Å². The van der Waals surface area contributed by atoms with E-state index in [1.54, 1.807) is 6.07 Å². The summed E-state index contributed by atoms with van der Waals surface area (Å²) in [6.07, 6.45) is 2.32. The minimum absolute atomic E-state index is 0.0988. The number of aryl methyl sites for hydroxylation is 1. The highest BCUT2D eigenvalue weighted by molar-refractivity contribution is 5.24. The van der Waals surface area contributed by atoms with Gasteiger partial charge in [0.25, 0.3) is 0 Å². The van der Waals surface area contributed by atoms with Crippen molar-refractivity contribution in [2.24, 2.45) is 5.92 Å². The van der Waals surface area contributed by atoms with Crippen LogP contribution in [0.15, 0.2) is 18.2 Å². The Balaban J connectivity index is 2.05. The largest absolute Gasteiger partial charge is 0.316 e. The maximum absolute atomic E-state index is 13.0. The second-order valence-electron chi connectivity index (χ2n) is 4.15. The number of benzene rings is 1. The fourth-order valence-electron chi connectivity index (χ4n) is 2.06. The molecule has 1 unspecified atom stereocenters. The molecule has 0 amide bonds. The quantitative estimate of drug-likeness (QED) is 0.760.